The van der Waals surface area contributed by atoms with Gasteiger partial charge in [-0.1, -0.05) is 51.3 Å². The molecule has 1 saturated carbocycles. The summed E-state index contributed by atoms with van der Waals surface area (Å²) < 4.78 is 57.4. The molecule has 2 N–H and O–H groups in total. The van der Waals surface area contributed by atoms with Crippen molar-refractivity contribution in [3.8, 4) is 11.3 Å². The van der Waals surface area contributed by atoms with Crippen LogP contribution < -0.4 is 10.6 Å². The summed E-state index contributed by atoms with van der Waals surface area (Å²) in [6, 6.07) is 3.40. The molecule has 1 aliphatic carbocycles. The van der Waals surface area contributed by atoms with Crippen molar-refractivity contribution in [3.63, 3.8) is 0 Å². The van der Waals surface area contributed by atoms with Crippen LogP contribution in [0.25, 0.3) is 11.3 Å². The molecule has 1 atom stereocenters. The molecule has 0 unspecified atom stereocenters. The summed E-state index contributed by atoms with van der Waals surface area (Å²) in [6.45, 7) is 10.3. The second-order valence-electron chi connectivity index (χ2n) is 10.1. The van der Waals surface area contributed by atoms with Gasteiger partial charge in [-0.15, -0.1) is 0 Å². The fraction of sp³-hybridized carbons (Fsp3) is 0.615. The number of benzene rings is 1. The third kappa shape index (κ3) is 8.30. The van der Waals surface area contributed by atoms with Crippen molar-refractivity contribution in [1.29, 1.82) is 0 Å². The predicted molar refractivity (Wildman–Crippen MR) is 144 cm³/mol. The number of nitrogens with zero attached hydrogens (tertiary/aromatic N) is 2. The van der Waals surface area contributed by atoms with E-state index in [0.717, 1.165) is 36.8 Å². The first-order valence-electron chi connectivity index (χ1n) is 12.8. The Morgan fingerprint density at radius 2 is 1.79 bits per heavy atom. The number of aryl methyl sites for hydroxylation is 1. The number of anilines is 1. The van der Waals surface area contributed by atoms with E-state index in [1.165, 1.54) is 12.8 Å². The molecular weight excluding hydrogens is 541 g/mol. The van der Waals surface area contributed by atoms with Gasteiger partial charge in [0.25, 0.3) is 5.91 Å². The topological polar surface area (TPSA) is 93.1 Å². The summed E-state index contributed by atoms with van der Waals surface area (Å²) >= 11 is 5.98. The average molecular weight is 577 g/mol. The van der Waals surface area contributed by atoms with Gasteiger partial charge in [-0.2, -0.15) is 26.7 Å². The van der Waals surface area contributed by atoms with Crippen LogP contribution in [0.2, 0.25) is 5.02 Å². The van der Waals surface area contributed by atoms with E-state index in [1.807, 2.05) is 20.8 Å². The molecule has 2 aromatic rings. The van der Waals surface area contributed by atoms with E-state index in [-0.39, 0.29) is 22.5 Å². The molecule has 1 aromatic heterocycles. The van der Waals surface area contributed by atoms with Crippen LogP contribution in [0.1, 0.15) is 82.3 Å². The van der Waals surface area contributed by atoms with Gasteiger partial charge < -0.3 is 10.6 Å². The number of carbonyl (C=O) groups excluding carboxylic acids is 1. The molecule has 212 valence electrons. The Morgan fingerprint density at radius 3 is 2.32 bits per heavy atom. The maximum atomic E-state index is 13.0. The molecule has 1 aromatic carbocycles. The molecule has 1 aliphatic rings. The van der Waals surface area contributed by atoms with Gasteiger partial charge in [-0.05, 0) is 62.1 Å². The highest BCUT2D eigenvalue weighted by Gasteiger charge is 2.36. The van der Waals surface area contributed by atoms with Crippen LogP contribution in [0.5, 0.6) is 0 Å². The molecule has 7 nitrogen and oxygen atoms in total. The molecule has 0 bridgehead atoms. The van der Waals surface area contributed by atoms with Crippen molar-refractivity contribution in [2.75, 3.05) is 11.9 Å². The highest BCUT2D eigenvalue weighted by Crippen LogP contribution is 2.38. The summed E-state index contributed by atoms with van der Waals surface area (Å²) in [5.41, 5.74) is 2.73. The Balaban J connectivity index is 0.00000161. The van der Waals surface area contributed by atoms with Gasteiger partial charge in [-0.25, -0.2) is 0 Å². The minimum absolute atomic E-state index is 0.00943. The average Bonchev–Trinajstić information content (AvgIpc) is 3.19. The number of halogens is 4. The van der Waals surface area contributed by atoms with Gasteiger partial charge >= 0.3 is 17.7 Å². The summed E-state index contributed by atoms with van der Waals surface area (Å²) in [7, 11) is 0. The SMILES string of the molecule is CCn1nc(C(=O)NCC2CCC(C)CC2)c(Cl)c1-c1ccc(N[C@H](C)C(F)(F)F)cc1C(C)C.O=S=O. The lowest BCUT2D eigenvalue weighted by atomic mass is 9.83. The Labute approximate surface area is 230 Å². The normalized spacial score (nSPS) is 18.4. The van der Waals surface area contributed by atoms with Crippen LogP contribution in [0, 0.1) is 11.8 Å². The van der Waals surface area contributed by atoms with Crippen molar-refractivity contribution < 1.29 is 26.4 Å². The zero-order valence-electron chi connectivity index (χ0n) is 22.3. The van der Waals surface area contributed by atoms with Gasteiger partial charge in [-0.3, -0.25) is 9.48 Å². The smallest absolute Gasteiger partial charge is 0.374 e. The zero-order chi connectivity index (χ0) is 28.6. The van der Waals surface area contributed by atoms with Gasteiger partial charge in [0.05, 0.1) is 10.7 Å². The first-order chi connectivity index (χ1) is 17.8. The van der Waals surface area contributed by atoms with Crippen molar-refractivity contribution in [1.82, 2.24) is 15.1 Å². The highest BCUT2D eigenvalue weighted by molar-refractivity contribution is 7.51. The van der Waals surface area contributed by atoms with E-state index in [4.69, 9.17) is 20.0 Å². The van der Waals surface area contributed by atoms with Crippen LogP contribution >= 0.6 is 11.6 Å². The monoisotopic (exact) mass is 576 g/mol. The molecule has 3 rings (SSSR count). The molecule has 12 heteroatoms. The minimum Gasteiger partial charge on any atom is -0.374 e. The van der Waals surface area contributed by atoms with Crippen LogP contribution in [-0.4, -0.2) is 42.9 Å². The number of amides is 1. The number of hydrogen-bond acceptors (Lipinski definition) is 5. The Morgan fingerprint density at radius 1 is 1.18 bits per heavy atom. The van der Waals surface area contributed by atoms with Crippen molar-refractivity contribution in [2.24, 2.45) is 11.8 Å². The second kappa shape index (κ2) is 14.1. The summed E-state index contributed by atoms with van der Waals surface area (Å²) in [4.78, 5) is 13.0. The highest BCUT2D eigenvalue weighted by atomic mass is 35.5. The second-order valence-corrected chi connectivity index (χ2v) is 10.6. The number of carbonyl (C=O) groups is 1. The van der Waals surface area contributed by atoms with Crippen LogP contribution in [0.4, 0.5) is 18.9 Å². The molecule has 1 amide bonds. The maximum Gasteiger partial charge on any atom is 0.408 e. The molecule has 0 radical (unpaired) electrons. The molecule has 1 heterocycles. The number of rotatable bonds is 8. The zero-order valence-corrected chi connectivity index (χ0v) is 23.9. The summed E-state index contributed by atoms with van der Waals surface area (Å²) in [5.74, 6) is 0.918. The number of alkyl halides is 3. The van der Waals surface area contributed by atoms with Crippen LogP contribution in [-0.2, 0) is 18.1 Å². The Bertz CT molecular complexity index is 1130. The van der Waals surface area contributed by atoms with E-state index in [9.17, 15) is 18.0 Å². The lowest BCUT2D eigenvalue weighted by Gasteiger charge is -2.26. The third-order valence-corrected chi connectivity index (χ3v) is 7.26. The van der Waals surface area contributed by atoms with Crippen molar-refractivity contribution in [2.45, 2.75) is 85.0 Å². The standard InChI is InChI=1S/C26H36ClF3N4O.O2S/c1-6-34-24(20-12-11-19(13-21(20)15(2)3)32-17(5)26(28,29)30)22(27)23(33-34)25(35)31-14-18-9-7-16(4)8-10-18;1-3-2/h11-13,15-18,32H,6-10,14H2,1-5H3,(H,31,35);/t16?,17-,18?;/m1./s1. The molecule has 1 fully saturated rings. The molecule has 0 aliphatic heterocycles. The number of nitrogens with one attached hydrogen (secondary N) is 2. The lowest BCUT2D eigenvalue weighted by Crippen LogP contribution is -2.33. The first kappa shape index (κ1) is 31.8. The van der Waals surface area contributed by atoms with Crippen LogP contribution in [0.15, 0.2) is 18.2 Å². The molecule has 38 heavy (non-hydrogen) atoms. The maximum absolute atomic E-state index is 13.0. The molecule has 0 saturated heterocycles. The summed E-state index contributed by atoms with van der Waals surface area (Å²) in [6.07, 6.45) is 0.226. The molecule has 0 spiro atoms. The number of hydrogen-bond donors (Lipinski definition) is 2. The summed E-state index contributed by atoms with van der Waals surface area (Å²) in [5, 5.41) is 10.3. The fourth-order valence-corrected chi connectivity index (χ4v) is 4.93. The van der Waals surface area contributed by atoms with Crippen molar-refractivity contribution >= 4 is 34.8 Å². The van der Waals surface area contributed by atoms with E-state index >= 15 is 0 Å². The first-order valence-corrected chi connectivity index (χ1v) is 13.8. The van der Waals surface area contributed by atoms with Gasteiger partial charge in [0.1, 0.15) is 6.04 Å². The van der Waals surface area contributed by atoms with Crippen molar-refractivity contribution in [3.05, 3.63) is 34.5 Å². The molecular formula is C26H36ClF3N4O3S. The Kier molecular flexibility index (Phi) is 11.8. The van der Waals surface area contributed by atoms with Gasteiger partial charge in [0, 0.05) is 24.3 Å². The Hall–Kier alpha value is -2.40. The van der Waals surface area contributed by atoms with E-state index in [0.29, 0.717) is 30.4 Å². The predicted octanol–water partition coefficient (Wildman–Crippen LogP) is 6.60. The van der Waals surface area contributed by atoms with E-state index in [1.54, 1.807) is 22.9 Å². The quantitative estimate of drug-likeness (QED) is 0.369. The number of aromatic nitrogens is 2. The largest absolute Gasteiger partial charge is 0.408 e. The minimum atomic E-state index is -4.35. The fourth-order valence-electron chi connectivity index (χ4n) is 4.60. The van der Waals surface area contributed by atoms with Gasteiger partial charge in [0.15, 0.2) is 5.69 Å². The van der Waals surface area contributed by atoms with Crippen LogP contribution in [0.3, 0.4) is 0 Å². The van der Waals surface area contributed by atoms with E-state index < -0.39 is 23.8 Å². The van der Waals surface area contributed by atoms with E-state index in [2.05, 4.69) is 22.7 Å². The third-order valence-electron chi connectivity index (χ3n) is 6.90. The van der Waals surface area contributed by atoms with Gasteiger partial charge in [0.2, 0.25) is 0 Å². The lowest BCUT2D eigenvalue weighted by molar-refractivity contribution is -0.138.